The number of nitrogens with two attached hydrogens (primary N) is 1. The van der Waals surface area contributed by atoms with Crippen molar-refractivity contribution in [3.05, 3.63) is 0 Å². The monoisotopic (exact) mass is 202 g/mol. The number of carbonyl (C=O) groups excluding carboxylic acids is 1. The summed E-state index contributed by atoms with van der Waals surface area (Å²) in [4.78, 5) is 21.7. The molecule has 4 N–H and O–H groups in total. The summed E-state index contributed by atoms with van der Waals surface area (Å²) >= 11 is 0. The molecule has 0 radical (unpaired) electrons. The summed E-state index contributed by atoms with van der Waals surface area (Å²) in [7, 11) is 0. The molecule has 0 aromatic rings. The van der Waals surface area contributed by atoms with E-state index >= 15 is 0 Å². The van der Waals surface area contributed by atoms with Crippen molar-refractivity contribution < 1.29 is 14.7 Å². The molecule has 0 bridgehead atoms. The van der Waals surface area contributed by atoms with E-state index in [2.05, 4.69) is 5.32 Å². The van der Waals surface area contributed by atoms with Gasteiger partial charge in [-0.3, -0.25) is 4.79 Å². The van der Waals surface area contributed by atoms with Crippen molar-refractivity contribution in [2.45, 2.75) is 38.6 Å². The van der Waals surface area contributed by atoms with Gasteiger partial charge in [0.05, 0.1) is 0 Å². The third-order valence-electron chi connectivity index (χ3n) is 1.90. The molecule has 5 heteroatoms. The average Bonchev–Trinajstić information content (AvgIpc) is 2.14. The Morgan fingerprint density at radius 1 is 1.43 bits per heavy atom. The standard InChI is InChI=1S/C9H18N2O3/c1-2-7(9(13)14)11-8(12)5-3-4-6-10/h7H,2-6,10H2,1H3,(H,11,12)(H,13,14)/t7-/m0/s1. The molecule has 1 atom stereocenters. The molecule has 0 saturated carbocycles. The van der Waals surface area contributed by atoms with E-state index < -0.39 is 12.0 Å². The molecule has 0 spiro atoms. The summed E-state index contributed by atoms with van der Waals surface area (Å²) in [6.45, 7) is 2.28. The Morgan fingerprint density at radius 2 is 2.07 bits per heavy atom. The zero-order valence-electron chi connectivity index (χ0n) is 8.45. The molecule has 0 aliphatic carbocycles. The van der Waals surface area contributed by atoms with Crippen LogP contribution in [-0.2, 0) is 9.59 Å². The van der Waals surface area contributed by atoms with Crippen LogP contribution in [0.5, 0.6) is 0 Å². The van der Waals surface area contributed by atoms with Crippen molar-refractivity contribution in [2.24, 2.45) is 5.73 Å². The quantitative estimate of drug-likeness (QED) is 0.510. The Morgan fingerprint density at radius 3 is 2.50 bits per heavy atom. The van der Waals surface area contributed by atoms with Crippen molar-refractivity contribution in [1.82, 2.24) is 5.32 Å². The Kier molecular flexibility index (Phi) is 6.74. The van der Waals surface area contributed by atoms with Gasteiger partial charge in [0, 0.05) is 6.42 Å². The van der Waals surface area contributed by atoms with Gasteiger partial charge in [0.15, 0.2) is 0 Å². The van der Waals surface area contributed by atoms with Crippen molar-refractivity contribution >= 4 is 11.9 Å². The van der Waals surface area contributed by atoms with Crippen LogP contribution in [0.2, 0.25) is 0 Å². The molecule has 0 aromatic carbocycles. The van der Waals surface area contributed by atoms with Crippen LogP contribution in [-0.4, -0.2) is 29.6 Å². The normalized spacial score (nSPS) is 12.1. The van der Waals surface area contributed by atoms with E-state index in [9.17, 15) is 9.59 Å². The molecule has 0 fully saturated rings. The lowest BCUT2D eigenvalue weighted by Gasteiger charge is -2.11. The van der Waals surface area contributed by atoms with Gasteiger partial charge in [-0.05, 0) is 25.8 Å². The van der Waals surface area contributed by atoms with Crippen LogP contribution in [0.4, 0.5) is 0 Å². The maximum atomic E-state index is 11.2. The number of rotatable bonds is 7. The number of hydrogen-bond donors (Lipinski definition) is 3. The predicted molar refractivity (Wildman–Crippen MR) is 52.8 cm³/mol. The van der Waals surface area contributed by atoms with E-state index in [1.54, 1.807) is 6.92 Å². The third kappa shape index (κ3) is 5.53. The van der Waals surface area contributed by atoms with Crippen molar-refractivity contribution in [2.75, 3.05) is 6.54 Å². The summed E-state index contributed by atoms with van der Waals surface area (Å²) in [5, 5.41) is 11.1. The molecule has 82 valence electrons. The molecular weight excluding hydrogens is 184 g/mol. The lowest BCUT2D eigenvalue weighted by molar-refractivity contribution is -0.141. The van der Waals surface area contributed by atoms with Gasteiger partial charge in [0.1, 0.15) is 6.04 Å². The minimum absolute atomic E-state index is 0.215. The first-order chi connectivity index (χ1) is 6.61. The van der Waals surface area contributed by atoms with Crippen LogP contribution in [0, 0.1) is 0 Å². The molecule has 0 unspecified atom stereocenters. The van der Waals surface area contributed by atoms with Gasteiger partial charge in [-0.1, -0.05) is 6.92 Å². The molecule has 5 nitrogen and oxygen atoms in total. The molecule has 0 rings (SSSR count). The maximum Gasteiger partial charge on any atom is 0.326 e. The van der Waals surface area contributed by atoms with Gasteiger partial charge in [0.2, 0.25) is 5.91 Å². The summed E-state index contributed by atoms with van der Waals surface area (Å²) in [5.41, 5.74) is 5.26. The number of carbonyl (C=O) groups is 2. The number of amides is 1. The first-order valence-corrected chi connectivity index (χ1v) is 4.84. The zero-order valence-corrected chi connectivity index (χ0v) is 8.45. The highest BCUT2D eigenvalue weighted by Crippen LogP contribution is 1.96. The Bertz CT molecular complexity index is 194. The SMILES string of the molecule is CC[C@H](NC(=O)CCCCN)C(=O)O. The molecule has 0 aliphatic heterocycles. The second-order valence-electron chi connectivity index (χ2n) is 3.11. The second kappa shape index (κ2) is 7.32. The Labute approximate surface area is 83.7 Å². The van der Waals surface area contributed by atoms with E-state index in [-0.39, 0.29) is 5.91 Å². The van der Waals surface area contributed by atoms with Crippen LogP contribution in [0.3, 0.4) is 0 Å². The number of carboxylic acids is 1. The first kappa shape index (κ1) is 12.9. The summed E-state index contributed by atoms with van der Waals surface area (Å²) in [6.07, 6.45) is 2.24. The van der Waals surface area contributed by atoms with E-state index in [0.717, 1.165) is 6.42 Å². The summed E-state index contributed by atoms with van der Waals surface area (Å²) in [6, 6.07) is -0.764. The molecule has 0 aliphatic rings. The van der Waals surface area contributed by atoms with Gasteiger partial charge in [-0.25, -0.2) is 4.79 Å². The molecule has 0 saturated heterocycles. The van der Waals surface area contributed by atoms with Gasteiger partial charge in [0.25, 0.3) is 0 Å². The molecule has 1 amide bonds. The largest absolute Gasteiger partial charge is 0.480 e. The van der Waals surface area contributed by atoms with Crippen LogP contribution >= 0.6 is 0 Å². The van der Waals surface area contributed by atoms with Gasteiger partial charge >= 0.3 is 5.97 Å². The summed E-state index contributed by atoms with van der Waals surface area (Å²) in [5.74, 6) is -1.20. The number of unbranched alkanes of at least 4 members (excludes halogenated alkanes) is 1. The van der Waals surface area contributed by atoms with Crippen LogP contribution in [0.1, 0.15) is 32.6 Å². The average molecular weight is 202 g/mol. The van der Waals surface area contributed by atoms with Crippen molar-refractivity contribution in [3.63, 3.8) is 0 Å². The van der Waals surface area contributed by atoms with Crippen LogP contribution in [0.15, 0.2) is 0 Å². The Hall–Kier alpha value is -1.10. The van der Waals surface area contributed by atoms with Gasteiger partial charge in [-0.15, -0.1) is 0 Å². The third-order valence-corrected chi connectivity index (χ3v) is 1.90. The fourth-order valence-electron chi connectivity index (χ4n) is 1.03. The zero-order chi connectivity index (χ0) is 11.0. The first-order valence-electron chi connectivity index (χ1n) is 4.84. The topological polar surface area (TPSA) is 92.4 Å². The fourth-order valence-corrected chi connectivity index (χ4v) is 1.03. The highest BCUT2D eigenvalue weighted by atomic mass is 16.4. The highest BCUT2D eigenvalue weighted by Gasteiger charge is 2.16. The predicted octanol–water partition coefficient (Wildman–Crippen LogP) is 0.0948. The van der Waals surface area contributed by atoms with Gasteiger partial charge < -0.3 is 16.2 Å². The molecular formula is C9H18N2O3. The lowest BCUT2D eigenvalue weighted by Crippen LogP contribution is -2.40. The van der Waals surface area contributed by atoms with Crippen LogP contribution in [0.25, 0.3) is 0 Å². The highest BCUT2D eigenvalue weighted by molar-refractivity contribution is 5.83. The van der Waals surface area contributed by atoms with Crippen molar-refractivity contribution in [1.29, 1.82) is 0 Å². The van der Waals surface area contributed by atoms with E-state index in [4.69, 9.17) is 10.8 Å². The number of carboxylic acid groups (broad SMARTS) is 1. The molecule has 14 heavy (non-hydrogen) atoms. The smallest absolute Gasteiger partial charge is 0.326 e. The molecule has 0 heterocycles. The maximum absolute atomic E-state index is 11.2. The summed E-state index contributed by atoms with van der Waals surface area (Å²) < 4.78 is 0. The van der Waals surface area contributed by atoms with Crippen molar-refractivity contribution in [3.8, 4) is 0 Å². The van der Waals surface area contributed by atoms with E-state index in [0.29, 0.717) is 25.8 Å². The Balaban J connectivity index is 3.74. The lowest BCUT2D eigenvalue weighted by atomic mass is 10.2. The number of aliphatic carboxylic acids is 1. The van der Waals surface area contributed by atoms with E-state index in [1.807, 2.05) is 0 Å². The number of nitrogens with one attached hydrogen (secondary N) is 1. The van der Waals surface area contributed by atoms with E-state index in [1.165, 1.54) is 0 Å². The van der Waals surface area contributed by atoms with Gasteiger partial charge in [-0.2, -0.15) is 0 Å². The van der Waals surface area contributed by atoms with Crippen LogP contribution < -0.4 is 11.1 Å². The minimum Gasteiger partial charge on any atom is -0.480 e. The second-order valence-corrected chi connectivity index (χ2v) is 3.11. The minimum atomic E-state index is -0.986. The number of hydrogen-bond acceptors (Lipinski definition) is 3. The molecule has 0 aromatic heterocycles. The fraction of sp³-hybridized carbons (Fsp3) is 0.778.